The highest BCUT2D eigenvalue weighted by Gasteiger charge is 2.37. The number of rotatable bonds is 6. The van der Waals surface area contributed by atoms with Crippen LogP contribution < -0.4 is 0 Å². The highest BCUT2D eigenvalue weighted by molar-refractivity contribution is 7.88. The molecule has 1 aliphatic carbocycles. The third-order valence-corrected chi connectivity index (χ3v) is 5.84. The SMILES string of the molecule is Cn1cccc1CN(C1CC1)S(=O)(=O)Cc1cc(F)ccc1F. The molecule has 1 aromatic carbocycles. The van der Waals surface area contributed by atoms with Crippen molar-refractivity contribution in [3.05, 3.63) is 59.4 Å². The summed E-state index contributed by atoms with van der Waals surface area (Å²) in [6.45, 7) is 0.243. The Balaban J connectivity index is 1.86. The lowest BCUT2D eigenvalue weighted by atomic mass is 10.2. The van der Waals surface area contributed by atoms with Gasteiger partial charge in [0.05, 0.1) is 12.3 Å². The summed E-state index contributed by atoms with van der Waals surface area (Å²) in [4.78, 5) is 0. The lowest BCUT2D eigenvalue weighted by molar-refractivity contribution is 0.389. The Labute approximate surface area is 134 Å². The standard InChI is InChI=1S/C16H18F2N2O2S/c1-19-8-2-3-15(19)10-20(14-5-6-14)23(21,22)11-12-9-13(17)4-7-16(12)18/h2-4,7-9,14H,5-6,10-11H2,1H3. The fraction of sp³-hybridized carbons (Fsp3) is 0.375. The van der Waals surface area contributed by atoms with Gasteiger partial charge in [0.15, 0.2) is 0 Å². The summed E-state index contributed by atoms with van der Waals surface area (Å²) in [5.41, 5.74) is 0.725. The first-order valence-corrected chi connectivity index (χ1v) is 9.01. The van der Waals surface area contributed by atoms with E-state index in [1.165, 1.54) is 4.31 Å². The topological polar surface area (TPSA) is 42.3 Å². The van der Waals surface area contributed by atoms with Gasteiger partial charge >= 0.3 is 0 Å². The second-order valence-electron chi connectivity index (χ2n) is 5.88. The van der Waals surface area contributed by atoms with Crippen LogP contribution in [0.15, 0.2) is 36.5 Å². The van der Waals surface area contributed by atoms with Crippen LogP contribution in [0.1, 0.15) is 24.1 Å². The van der Waals surface area contributed by atoms with Crippen LogP contribution in [0.4, 0.5) is 8.78 Å². The molecule has 124 valence electrons. The fourth-order valence-electron chi connectivity index (χ4n) is 2.57. The van der Waals surface area contributed by atoms with E-state index in [0.29, 0.717) is 0 Å². The predicted molar refractivity (Wildman–Crippen MR) is 83.0 cm³/mol. The smallest absolute Gasteiger partial charge is 0.219 e. The van der Waals surface area contributed by atoms with E-state index in [0.717, 1.165) is 36.7 Å². The Morgan fingerprint density at radius 3 is 2.61 bits per heavy atom. The van der Waals surface area contributed by atoms with Crippen molar-refractivity contribution in [2.24, 2.45) is 7.05 Å². The van der Waals surface area contributed by atoms with Gasteiger partial charge in [0, 0.05) is 30.5 Å². The van der Waals surface area contributed by atoms with E-state index in [-0.39, 0.29) is 18.2 Å². The second-order valence-corrected chi connectivity index (χ2v) is 7.80. The summed E-state index contributed by atoms with van der Waals surface area (Å²) in [7, 11) is -1.88. The summed E-state index contributed by atoms with van der Waals surface area (Å²) in [5, 5.41) is 0. The molecule has 0 aliphatic heterocycles. The summed E-state index contributed by atoms with van der Waals surface area (Å²) in [6, 6.07) is 6.53. The lowest BCUT2D eigenvalue weighted by Gasteiger charge is -2.22. The van der Waals surface area contributed by atoms with Crippen molar-refractivity contribution in [1.82, 2.24) is 8.87 Å². The number of hydrogen-bond donors (Lipinski definition) is 0. The van der Waals surface area contributed by atoms with Crippen LogP contribution in [-0.4, -0.2) is 23.3 Å². The van der Waals surface area contributed by atoms with Gasteiger partial charge in [0.25, 0.3) is 0 Å². The molecule has 0 radical (unpaired) electrons. The first kappa shape index (κ1) is 16.1. The molecule has 0 unspecified atom stereocenters. The highest BCUT2D eigenvalue weighted by atomic mass is 32.2. The van der Waals surface area contributed by atoms with Crippen molar-refractivity contribution in [2.45, 2.75) is 31.2 Å². The largest absolute Gasteiger partial charge is 0.353 e. The van der Waals surface area contributed by atoms with Crippen molar-refractivity contribution in [2.75, 3.05) is 0 Å². The monoisotopic (exact) mass is 340 g/mol. The van der Waals surface area contributed by atoms with Crippen LogP contribution in [-0.2, 0) is 29.4 Å². The molecular weight excluding hydrogens is 322 g/mol. The lowest BCUT2D eigenvalue weighted by Crippen LogP contribution is -2.34. The quantitative estimate of drug-likeness (QED) is 0.811. The molecule has 23 heavy (non-hydrogen) atoms. The number of benzene rings is 1. The second kappa shape index (κ2) is 6.05. The van der Waals surface area contributed by atoms with Crippen LogP contribution in [0.25, 0.3) is 0 Å². The molecule has 3 rings (SSSR count). The zero-order valence-electron chi connectivity index (χ0n) is 12.7. The number of aromatic nitrogens is 1. The van der Waals surface area contributed by atoms with Crippen molar-refractivity contribution in [1.29, 1.82) is 0 Å². The van der Waals surface area contributed by atoms with Gasteiger partial charge in [-0.05, 0) is 43.2 Å². The van der Waals surface area contributed by atoms with Gasteiger partial charge < -0.3 is 4.57 Å². The first-order chi connectivity index (χ1) is 10.9. The predicted octanol–water partition coefficient (Wildman–Crippen LogP) is 2.80. The number of hydrogen-bond acceptors (Lipinski definition) is 2. The number of halogens is 2. The maximum atomic E-state index is 13.8. The van der Waals surface area contributed by atoms with E-state index in [9.17, 15) is 17.2 Å². The molecule has 0 spiro atoms. The molecule has 0 saturated heterocycles. The van der Waals surface area contributed by atoms with Crippen molar-refractivity contribution < 1.29 is 17.2 Å². The third kappa shape index (κ3) is 3.61. The average molecular weight is 340 g/mol. The third-order valence-electron chi connectivity index (χ3n) is 4.03. The Kier molecular flexibility index (Phi) is 4.25. The van der Waals surface area contributed by atoms with E-state index >= 15 is 0 Å². The van der Waals surface area contributed by atoms with Crippen LogP contribution >= 0.6 is 0 Å². The molecule has 0 amide bonds. The van der Waals surface area contributed by atoms with Gasteiger partial charge in [-0.1, -0.05) is 0 Å². The van der Waals surface area contributed by atoms with Gasteiger partial charge in [-0.25, -0.2) is 17.2 Å². The van der Waals surface area contributed by atoms with Crippen LogP contribution in [0, 0.1) is 11.6 Å². The molecule has 1 aromatic heterocycles. The van der Waals surface area contributed by atoms with E-state index in [2.05, 4.69) is 0 Å². The highest BCUT2D eigenvalue weighted by Crippen LogP contribution is 2.32. The van der Waals surface area contributed by atoms with Crippen LogP contribution in [0.5, 0.6) is 0 Å². The van der Waals surface area contributed by atoms with Crippen LogP contribution in [0.2, 0.25) is 0 Å². The summed E-state index contributed by atoms with van der Waals surface area (Å²) in [6.07, 6.45) is 3.45. The number of nitrogens with zero attached hydrogens (tertiary/aromatic N) is 2. The Morgan fingerprint density at radius 1 is 1.26 bits per heavy atom. The molecule has 0 N–H and O–H groups in total. The van der Waals surface area contributed by atoms with Gasteiger partial charge in [-0.2, -0.15) is 4.31 Å². The minimum atomic E-state index is -3.73. The molecule has 2 aromatic rings. The van der Waals surface area contributed by atoms with E-state index in [1.54, 1.807) is 0 Å². The molecule has 1 aliphatic rings. The molecule has 1 heterocycles. The van der Waals surface area contributed by atoms with Crippen molar-refractivity contribution >= 4 is 10.0 Å². The average Bonchev–Trinajstić information content (AvgIpc) is 3.23. The van der Waals surface area contributed by atoms with Gasteiger partial charge in [0.1, 0.15) is 11.6 Å². The minimum absolute atomic E-state index is 0.0495. The zero-order valence-corrected chi connectivity index (χ0v) is 13.6. The van der Waals surface area contributed by atoms with E-state index < -0.39 is 27.4 Å². The molecular formula is C16H18F2N2O2S. The molecule has 1 fully saturated rings. The Bertz CT molecular complexity index is 813. The Hall–Kier alpha value is -1.73. The normalized spacial score (nSPS) is 15.3. The van der Waals surface area contributed by atoms with E-state index in [4.69, 9.17) is 0 Å². The first-order valence-electron chi connectivity index (χ1n) is 7.40. The zero-order chi connectivity index (χ0) is 16.6. The molecule has 0 atom stereocenters. The summed E-state index contributed by atoms with van der Waals surface area (Å²) < 4.78 is 55.7. The molecule has 4 nitrogen and oxygen atoms in total. The van der Waals surface area contributed by atoms with Crippen LogP contribution in [0.3, 0.4) is 0 Å². The molecule has 1 saturated carbocycles. The maximum Gasteiger partial charge on any atom is 0.219 e. The number of aryl methyl sites for hydroxylation is 1. The van der Waals surface area contributed by atoms with Gasteiger partial charge in [0.2, 0.25) is 10.0 Å². The van der Waals surface area contributed by atoms with E-state index in [1.807, 2.05) is 29.9 Å². The summed E-state index contributed by atoms with van der Waals surface area (Å²) >= 11 is 0. The fourth-order valence-corrected chi connectivity index (χ4v) is 4.34. The summed E-state index contributed by atoms with van der Waals surface area (Å²) in [5.74, 6) is -1.88. The molecule has 7 heteroatoms. The number of sulfonamides is 1. The molecule has 0 bridgehead atoms. The van der Waals surface area contributed by atoms with Gasteiger partial charge in [-0.15, -0.1) is 0 Å². The van der Waals surface area contributed by atoms with Crippen molar-refractivity contribution in [3.8, 4) is 0 Å². The van der Waals surface area contributed by atoms with Crippen molar-refractivity contribution in [3.63, 3.8) is 0 Å². The minimum Gasteiger partial charge on any atom is -0.353 e. The van der Waals surface area contributed by atoms with Gasteiger partial charge in [-0.3, -0.25) is 0 Å². The maximum absolute atomic E-state index is 13.8. The Morgan fingerprint density at radius 2 is 2.00 bits per heavy atom.